The van der Waals surface area contributed by atoms with Crippen LogP contribution in [0.4, 0.5) is 5.69 Å². The van der Waals surface area contributed by atoms with Gasteiger partial charge in [0.25, 0.3) is 0 Å². The van der Waals surface area contributed by atoms with Crippen molar-refractivity contribution in [1.82, 2.24) is 0 Å². The van der Waals surface area contributed by atoms with Crippen molar-refractivity contribution in [1.29, 1.82) is 0 Å². The Hall–Kier alpha value is -0.510. The monoisotopic (exact) mass is 313 g/mol. The van der Waals surface area contributed by atoms with Crippen molar-refractivity contribution in [2.75, 3.05) is 4.90 Å². The topological polar surface area (TPSA) is 3.24 Å². The molecule has 1 nitrogen and oxygen atoms in total. The van der Waals surface area contributed by atoms with Gasteiger partial charge in [-0.3, -0.25) is 0 Å². The van der Waals surface area contributed by atoms with E-state index in [4.69, 9.17) is 0 Å². The SMILES string of the molecule is CC1=C(I)N(c2ccccc2)C(C)(C)C1. The lowest BCUT2D eigenvalue weighted by Gasteiger charge is -2.34. The summed E-state index contributed by atoms with van der Waals surface area (Å²) in [6.45, 7) is 6.83. The highest BCUT2D eigenvalue weighted by Gasteiger charge is 2.35. The van der Waals surface area contributed by atoms with Crippen LogP contribution in [-0.4, -0.2) is 5.54 Å². The Morgan fingerprint density at radius 1 is 1.20 bits per heavy atom. The summed E-state index contributed by atoms with van der Waals surface area (Å²) in [6.07, 6.45) is 1.15. The van der Waals surface area contributed by atoms with Crippen molar-refractivity contribution in [3.05, 3.63) is 39.6 Å². The van der Waals surface area contributed by atoms with E-state index in [0.717, 1.165) is 6.42 Å². The summed E-state index contributed by atoms with van der Waals surface area (Å²) in [5, 5.41) is 0. The van der Waals surface area contributed by atoms with Gasteiger partial charge in [-0.1, -0.05) is 18.2 Å². The van der Waals surface area contributed by atoms with Crippen LogP contribution in [0, 0.1) is 0 Å². The Morgan fingerprint density at radius 2 is 1.80 bits per heavy atom. The number of anilines is 1. The third kappa shape index (κ3) is 1.92. The third-order valence-electron chi connectivity index (χ3n) is 2.87. The third-order valence-corrected chi connectivity index (χ3v) is 4.27. The largest absolute Gasteiger partial charge is 0.331 e. The molecule has 1 heterocycles. The lowest BCUT2D eigenvalue weighted by Crippen LogP contribution is -2.37. The molecule has 0 atom stereocenters. The number of para-hydroxylation sites is 1. The van der Waals surface area contributed by atoms with Crippen LogP contribution >= 0.6 is 22.6 Å². The predicted octanol–water partition coefficient (Wildman–Crippen LogP) is 4.34. The number of hydrogen-bond acceptors (Lipinski definition) is 1. The molecule has 1 aromatic carbocycles. The average Bonchev–Trinajstić information content (AvgIpc) is 2.37. The fourth-order valence-electron chi connectivity index (χ4n) is 2.30. The molecule has 1 aromatic rings. The first-order valence-corrected chi connectivity index (χ1v) is 6.31. The van der Waals surface area contributed by atoms with E-state index in [1.807, 2.05) is 0 Å². The van der Waals surface area contributed by atoms with Crippen LogP contribution < -0.4 is 4.90 Å². The molecule has 0 saturated carbocycles. The zero-order chi connectivity index (χ0) is 11.1. The summed E-state index contributed by atoms with van der Waals surface area (Å²) in [5.74, 6) is 0. The first-order valence-electron chi connectivity index (χ1n) is 5.23. The molecule has 0 amide bonds. The zero-order valence-electron chi connectivity index (χ0n) is 9.42. The Balaban J connectivity index is 2.44. The number of hydrogen-bond donors (Lipinski definition) is 0. The molecule has 0 spiro atoms. The highest BCUT2D eigenvalue weighted by Crippen LogP contribution is 2.42. The van der Waals surface area contributed by atoms with Crippen molar-refractivity contribution in [2.24, 2.45) is 0 Å². The van der Waals surface area contributed by atoms with Crippen molar-refractivity contribution >= 4 is 28.3 Å². The minimum atomic E-state index is 0.210. The van der Waals surface area contributed by atoms with E-state index in [0.29, 0.717) is 0 Å². The van der Waals surface area contributed by atoms with Gasteiger partial charge in [-0.25, -0.2) is 0 Å². The summed E-state index contributed by atoms with van der Waals surface area (Å²) in [7, 11) is 0. The molecule has 1 aliphatic rings. The molecule has 0 aliphatic carbocycles. The average molecular weight is 313 g/mol. The summed E-state index contributed by atoms with van der Waals surface area (Å²) in [5.41, 5.74) is 3.00. The van der Waals surface area contributed by atoms with E-state index in [1.54, 1.807) is 0 Å². The number of rotatable bonds is 1. The summed E-state index contributed by atoms with van der Waals surface area (Å²) in [4.78, 5) is 2.43. The fourth-order valence-corrected chi connectivity index (χ4v) is 3.42. The van der Waals surface area contributed by atoms with Gasteiger partial charge in [0.05, 0.1) is 3.70 Å². The molecule has 0 radical (unpaired) electrons. The second-order valence-electron chi connectivity index (χ2n) is 4.73. The summed E-state index contributed by atoms with van der Waals surface area (Å²) in [6, 6.07) is 10.6. The van der Waals surface area contributed by atoms with Gasteiger partial charge in [0.1, 0.15) is 0 Å². The number of halogens is 1. The number of benzene rings is 1. The highest BCUT2D eigenvalue weighted by molar-refractivity contribution is 14.1. The van der Waals surface area contributed by atoms with E-state index >= 15 is 0 Å². The van der Waals surface area contributed by atoms with Crippen LogP contribution in [0.3, 0.4) is 0 Å². The van der Waals surface area contributed by atoms with Crippen molar-refractivity contribution in [3.8, 4) is 0 Å². The molecule has 0 N–H and O–H groups in total. The van der Waals surface area contributed by atoms with Gasteiger partial charge < -0.3 is 4.90 Å². The Labute approximate surface area is 105 Å². The zero-order valence-corrected chi connectivity index (χ0v) is 11.6. The van der Waals surface area contributed by atoms with Crippen LogP contribution in [0.25, 0.3) is 0 Å². The normalized spacial score (nSPS) is 19.9. The molecule has 0 saturated heterocycles. The molecule has 1 aliphatic heterocycles. The molecule has 0 fully saturated rings. The molecule has 15 heavy (non-hydrogen) atoms. The molecule has 2 rings (SSSR count). The smallest absolute Gasteiger partial charge is 0.0797 e. The minimum absolute atomic E-state index is 0.210. The lowest BCUT2D eigenvalue weighted by molar-refractivity contribution is 0.527. The van der Waals surface area contributed by atoms with Crippen LogP contribution in [0.2, 0.25) is 0 Å². The van der Waals surface area contributed by atoms with Gasteiger partial charge in [0, 0.05) is 11.2 Å². The number of nitrogens with zero attached hydrogens (tertiary/aromatic N) is 1. The predicted molar refractivity (Wildman–Crippen MR) is 74.3 cm³/mol. The molecule has 2 heteroatoms. The van der Waals surface area contributed by atoms with Gasteiger partial charge >= 0.3 is 0 Å². The molecule has 0 aromatic heterocycles. The molecule has 0 unspecified atom stereocenters. The fraction of sp³-hybridized carbons (Fsp3) is 0.385. The van der Waals surface area contributed by atoms with Crippen molar-refractivity contribution in [3.63, 3.8) is 0 Å². The van der Waals surface area contributed by atoms with Crippen LogP contribution in [0.1, 0.15) is 27.2 Å². The maximum Gasteiger partial charge on any atom is 0.0797 e. The van der Waals surface area contributed by atoms with Crippen LogP contribution in [-0.2, 0) is 0 Å². The van der Waals surface area contributed by atoms with Crippen LogP contribution in [0.15, 0.2) is 39.6 Å². The van der Waals surface area contributed by atoms with E-state index in [-0.39, 0.29) is 5.54 Å². The molecule has 80 valence electrons. The molecular weight excluding hydrogens is 297 g/mol. The first-order chi connectivity index (χ1) is 7.02. The van der Waals surface area contributed by atoms with Gasteiger partial charge in [-0.2, -0.15) is 0 Å². The Kier molecular flexibility index (Phi) is 2.79. The second-order valence-corrected chi connectivity index (χ2v) is 5.75. The highest BCUT2D eigenvalue weighted by atomic mass is 127. The van der Waals surface area contributed by atoms with Gasteiger partial charge in [-0.05, 0) is 67.5 Å². The van der Waals surface area contributed by atoms with Crippen LogP contribution in [0.5, 0.6) is 0 Å². The maximum absolute atomic E-state index is 2.45. The van der Waals surface area contributed by atoms with Gasteiger partial charge in [-0.15, -0.1) is 0 Å². The van der Waals surface area contributed by atoms with E-state index in [9.17, 15) is 0 Å². The lowest BCUT2D eigenvalue weighted by atomic mass is 9.98. The summed E-state index contributed by atoms with van der Waals surface area (Å²) < 4.78 is 1.38. The Morgan fingerprint density at radius 3 is 2.27 bits per heavy atom. The maximum atomic E-state index is 2.45. The Bertz CT molecular complexity index is 392. The second kappa shape index (κ2) is 3.81. The van der Waals surface area contributed by atoms with Crippen molar-refractivity contribution in [2.45, 2.75) is 32.7 Å². The van der Waals surface area contributed by atoms with Gasteiger partial charge in [0.15, 0.2) is 0 Å². The standard InChI is InChI=1S/C13H16IN/c1-10-9-13(2,3)15(12(10)14)11-7-5-4-6-8-11/h4-8H,9H2,1-3H3. The van der Waals surface area contributed by atoms with E-state index in [1.165, 1.54) is 15.0 Å². The van der Waals surface area contributed by atoms with Gasteiger partial charge in [0.2, 0.25) is 0 Å². The van der Waals surface area contributed by atoms with Crippen molar-refractivity contribution < 1.29 is 0 Å². The first kappa shape index (κ1) is 11.0. The molecular formula is C13H16IN. The quantitative estimate of drug-likeness (QED) is 0.550. The van der Waals surface area contributed by atoms with E-state index in [2.05, 4.69) is 78.6 Å². The summed E-state index contributed by atoms with van der Waals surface area (Å²) >= 11 is 2.45. The minimum Gasteiger partial charge on any atom is -0.331 e. The van der Waals surface area contributed by atoms with E-state index < -0.39 is 0 Å². The molecule has 0 bridgehead atoms.